The summed E-state index contributed by atoms with van der Waals surface area (Å²) < 4.78 is 12.3. The minimum Gasteiger partial charge on any atom is -0.454 e. The van der Waals surface area contributed by atoms with E-state index in [0.29, 0.717) is 52.2 Å². The lowest BCUT2D eigenvalue weighted by molar-refractivity contribution is -0.116. The zero-order valence-corrected chi connectivity index (χ0v) is 20.9. The monoisotopic (exact) mass is 516 g/mol. The summed E-state index contributed by atoms with van der Waals surface area (Å²) in [5, 5.41) is 8.13. The number of para-hydroxylation sites is 1. The molecule has 2 heterocycles. The van der Waals surface area contributed by atoms with E-state index < -0.39 is 0 Å². The van der Waals surface area contributed by atoms with E-state index in [2.05, 4.69) is 5.32 Å². The van der Waals surface area contributed by atoms with Crippen LogP contribution in [0.4, 0.5) is 5.82 Å². The molecule has 0 fully saturated rings. The maximum Gasteiger partial charge on any atom is 0.254 e. The van der Waals surface area contributed by atoms with Crippen molar-refractivity contribution in [2.75, 3.05) is 25.2 Å². The molecular weight excluding hydrogens is 492 g/mol. The molecule has 1 aliphatic rings. The van der Waals surface area contributed by atoms with Gasteiger partial charge in [-0.3, -0.25) is 9.59 Å². The quantitative estimate of drug-likeness (QED) is 0.338. The summed E-state index contributed by atoms with van der Waals surface area (Å²) in [5.41, 5.74) is 2.63. The van der Waals surface area contributed by atoms with Gasteiger partial charge in [0, 0.05) is 23.7 Å². The summed E-state index contributed by atoms with van der Waals surface area (Å²) >= 11 is 6.45. The molecule has 0 saturated heterocycles. The fourth-order valence-corrected chi connectivity index (χ4v) is 4.33. The highest BCUT2D eigenvalue weighted by molar-refractivity contribution is 6.32. The fraction of sp³-hybridized carbons (Fsp3) is 0.179. The van der Waals surface area contributed by atoms with Gasteiger partial charge >= 0.3 is 0 Å². The van der Waals surface area contributed by atoms with Gasteiger partial charge in [0.05, 0.1) is 16.4 Å². The van der Waals surface area contributed by atoms with Gasteiger partial charge in [0.15, 0.2) is 11.5 Å². The Labute approximate surface area is 219 Å². The second-order valence-corrected chi connectivity index (χ2v) is 8.89. The summed E-state index contributed by atoms with van der Waals surface area (Å²) in [5.74, 6) is 0.946. The number of carbonyl (C=O) groups is 2. The number of hydrogen-bond acceptors (Lipinski definition) is 5. The van der Waals surface area contributed by atoms with Gasteiger partial charge in [-0.2, -0.15) is 5.10 Å². The Hall–Kier alpha value is -4.30. The van der Waals surface area contributed by atoms with Crippen LogP contribution in [0.5, 0.6) is 11.5 Å². The molecule has 188 valence electrons. The first kappa shape index (κ1) is 24.4. The summed E-state index contributed by atoms with van der Waals surface area (Å²) in [6.45, 7) is 2.36. The lowest BCUT2D eigenvalue weighted by Gasteiger charge is -2.22. The van der Waals surface area contributed by atoms with Crippen LogP contribution in [0.1, 0.15) is 23.7 Å². The molecule has 1 aromatic heterocycles. The molecule has 1 aliphatic heterocycles. The van der Waals surface area contributed by atoms with E-state index in [0.717, 1.165) is 5.56 Å². The zero-order valence-electron chi connectivity index (χ0n) is 20.2. The summed E-state index contributed by atoms with van der Waals surface area (Å²) in [6, 6.07) is 23.7. The number of nitrogens with one attached hydrogen (secondary N) is 1. The van der Waals surface area contributed by atoms with Crippen LogP contribution in [-0.4, -0.2) is 46.4 Å². The van der Waals surface area contributed by atoms with Gasteiger partial charge in [-0.15, -0.1) is 0 Å². The van der Waals surface area contributed by atoms with Crippen LogP contribution in [0, 0.1) is 0 Å². The minimum atomic E-state index is -0.352. The molecule has 9 heteroatoms. The standard InChI is InChI=1S/C28H25ClN4O4/c1-2-14-32(28(35)20-12-13-24-25(15-20)37-18-36-24)17-27(34)30-26-16-22(19-8-4-3-5-9-19)31-33(26)23-11-7-6-10-21(23)29/h3-13,15-16H,2,14,17-18H2,1H3,(H,30,34). The predicted molar refractivity (Wildman–Crippen MR) is 141 cm³/mol. The molecule has 5 rings (SSSR count). The smallest absolute Gasteiger partial charge is 0.254 e. The van der Waals surface area contributed by atoms with Crippen LogP contribution in [0.2, 0.25) is 5.02 Å². The Bertz CT molecular complexity index is 1440. The molecule has 0 radical (unpaired) electrons. The largest absolute Gasteiger partial charge is 0.454 e. The van der Waals surface area contributed by atoms with Crippen LogP contribution in [0.3, 0.4) is 0 Å². The lowest BCUT2D eigenvalue weighted by atomic mass is 10.1. The van der Waals surface area contributed by atoms with Gasteiger partial charge in [-0.25, -0.2) is 4.68 Å². The number of hydrogen-bond donors (Lipinski definition) is 1. The molecule has 0 unspecified atom stereocenters. The van der Waals surface area contributed by atoms with Crippen molar-refractivity contribution in [1.82, 2.24) is 14.7 Å². The molecule has 0 saturated carbocycles. The third-order valence-corrected chi connectivity index (χ3v) is 6.18. The molecule has 0 spiro atoms. The second-order valence-electron chi connectivity index (χ2n) is 8.49. The second kappa shape index (κ2) is 10.8. The first-order chi connectivity index (χ1) is 18.0. The highest BCUT2D eigenvalue weighted by Gasteiger charge is 2.23. The Morgan fingerprint density at radius 3 is 2.54 bits per heavy atom. The molecule has 4 aromatic rings. The van der Waals surface area contributed by atoms with Crippen molar-refractivity contribution >= 4 is 29.2 Å². The SMILES string of the molecule is CCCN(CC(=O)Nc1cc(-c2ccccc2)nn1-c1ccccc1Cl)C(=O)c1ccc2c(c1)OCO2. The number of benzene rings is 3. The molecule has 37 heavy (non-hydrogen) atoms. The van der Waals surface area contributed by atoms with E-state index in [1.165, 1.54) is 4.90 Å². The molecular formula is C28H25ClN4O4. The van der Waals surface area contributed by atoms with Crippen LogP contribution < -0.4 is 14.8 Å². The van der Waals surface area contributed by atoms with Crippen molar-refractivity contribution in [2.24, 2.45) is 0 Å². The third kappa shape index (κ3) is 5.29. The molecule has 1 N–H and O–H groups in total. The van der Waals surface area contributed by atoms with Crippen molar-refractivity contribution < 1.29 is 19.1 Å². The summed E-state index contributed by atoms with van der Waals surface area (Å²) in [4.78, 5) is 28.0. The maximum absolute atomic E-state index is 13.3. The van der Waals surface area contributed by atoms with Gasteiger partial charge in [0.25, 0.3) is 5.91 Å². The van der Waals surface area contributed by atoms with E-state index >= 15 is 0 Å². The average Bonchev–Trinajstić information content (AvgIpc) is 3.55. The van der Waals surface area contributed by atoms with Crippen LogP contribution >= 0.6 is 11.6 Å². The number of nitrogens with zero attached hydrogens (tertiary/aromatic N) is 3. The predicted octanol–water partition coefficient (Wildman–Crippen LogP) is 5.41. The van der Waals surface area contributed by atoms with E-state index in [-0.39, 0.29) is 25.2 Å². The van der Waals surface area contributed by atoms with Crippen molar-refractivity contribution in [3.05, 3.63) is 89.4 Å². The summed E-state index contributed by atoms with van der Waals surface area (Å²) in [6.07, 6.45) is 0.694. The summed E-state index contributed by atoms with van der Waals surface area (Å²) in [7, 11) is 0. The number of ether oxygens (including phenoxy) is 2. The molecule has 0 aliphatic carbocycles. The van der Waals surface area contributed by atoms with E-state index in [4.69, 9.17) is 26.2 Å². The van der Waals surface area contributed by atoms with E-state index in [1.807, 2.05) is 55.5 Å². The molecule has 0 bridgehead atoms. The van der Waals surface area contributed by atoms with Gasteiger partial charge < -0.3 is 19.7 Å². The number of rotatable bonds is 8. The van der Waals surface area contributed by atoms with Crippen molar-refractivity contribution in [3.8, 4) is 28.4 Å². The number of fused-ring (bicyclic) bond motifs is 1. The van der Waals surface area contributed by atoms with Crippen molar-refractivity contribution in [3.63, 3.8) is 0 Å². The van der Waals surface area contributed by atoms with Gasteiger partial charge in [0.1, 0.15) is 12.4 Å². The Morgan fingerprint density at radius 2 is 1.76 bits per heavy atom. The van der Waals surface area contributed by atoms with E-state index in [9.17, 15) is 9.59 Å². The topological polar surface area (TPSA) is 85.7 Å². The first-order valence-corrected chi connectivity index (χ1v) is 12.3. The fourth-order valence-electron chi connectivity index (χ4n) is 4.12. The molecule has 3 aromatic carbocycles. The van der Waals surface area contributed by atoms with Crippen molar-refractivity contribution in [1.29, 1.82) is 0 Å². The minimum absolute atomic E-state index is 0.123. The highest BCUT2D eigenvalue weighted by atomic mass is 35.5. The van der Waals surface area contributed by atoms with Crippen LogP contribution in [-0.2, 0) is 4.79 Å². The number of anilines is 1. The Kier molecular flexibility index (Phi) is 7.09. The lowest BCUT2D eigenvalue weighted by Crippen LogP contribution is -2.38. The maximum atomic E-state index is 13.3. The molecule has 0 atom stereocenters. The first-order valence-electron chi connectivity index (χ1n) is 11.9. The average molecular weight is 517 g/mol. The Morgan fingerprint density at radius 1 is 1.00 bits per heavy atom. The van der Waals surface area contributed by atoms with Gasteiger partial charge in [-0.1, -0.05) is 61.0 Å². The molecule has 8 nitrogen and oxygen atoms in total. The number of carbonyl (C=O) groups excluding carboxylic acids is 2. The van der Waals surface area contributed by atoms with Crippen LogP contribution in [0.15, 0.2) is 78.9 Å². The van der Waals surface area contributed by atoms with Gasteiger partial charge in [-0.05, 0) is 36.8 Å². The van der Waals surface area contributed by atoms with Crippen molar-refractivity contribution in [2.45, 2.75) is 13.3 Å². The zero-order chi connectivity index (χ0) is 25.8. The number of halogens is 1. The number of amides is 2. The third-order valence-electron chi connectivity index (χ3n) is 5.86. The van der Waals surface area contributed by atoms with E-state index in [1.54, 1.807) is 35.0 Å². The Balaban J connectivity index is 1.40. The highest BCUT2D eigenvalue weighted by Crippen LogP contribution is 2.33. The molecule has 2 amide bonds. The van der Waals surface area contributed by atoms with Crippen LogP contribution in [0.25, 0.3) is 16.9 Å². The number of aromatic nitrogens is 2. The normalized spacial score (nSPS) is 11.8. The van der Waals surface area contributed by atoms with Gasteiger partial charge in [0.2, 0.25) is 12.7 Å².